The Morgan fingerprint density at radius 1 is 1.17 bits per heavy atom. The summed E-state index contributed by atoms with van der Waals surface area (Å²) in [5.74, 6) is 0.898. The third kappa shape index (κ3) is 2.83. The van der Waals surface area contributed by atoms with Gasteiger partial charge in [0.15, 0.2) is 0 Å². The Morgan fingerprint density at radius 3 is 2.50 bits per heavy atom. The van der Waals surface area contributed by atoms with Gasteiger partial charge in [-0.25, -0.2) is 4.68 Å². The molecule has 5 nitrogen and oxygen atoms in total. The Bertz CT molecular complexity index is 860. The summed E-state index contributed by atoms with van der Waals surface area (Å²) in [6.45, 7) is 4.63. The van der Waals surface area contributed by atoms with Crippen LogP contribution in [0.1, 0.15) is 30.0 Å². The van der Waals surface area contributed by atoms with E-state index < -0.39 is 0 Å². The summed E-state index contributed by atoms with van der Waals surface area (Å²) in [5, 5.41) is 0. The van der Waals surface area contributed by atoms with Crippen molar-refractivity contribution in [1.29, 1.82) is 0 Å². The van der Waals surface area contributed by atoms with Gasteiger partial charge in [-0.1, -0.05) is 18.2 Å². The molecule has 0 saturated carbocycles. The predicted octanol–water partition coefficient (Wildman–Crippen LogP) is 3.27. The Kier molecular flexibility index (Phi) is 4.44. The SMILES string of the molecule is Cc1c(CN(C)[C@@H](C)c2ccco2)c(=O)n(-c2ccccc2)n1C. The molecule has 0 bridgehead atoms. The molecular formula is C19H23N3O2. The molecule has 0 aliphatic carbocycles. The first kappa shape index (κ1) is 16.3. The van der Waals surface area contributed by atoms with Crippen LogP contribution < -0.4 is 5.56 Å². The number of hydrogen-bond donors (Lipinski definition) is 0. The first-order valence-electron chi connectivity index (χ1n) is 8.07. The molecule has 126 valence electrons. The van der Waals surface area contributed by atoms with Crippen LogP contribution in [0.15, 0.2) is 57.9 Å². The van der Waals surface area contributed by atoms with Crippen LogP contribution in [-0.4, -0.2) is 21.3 Å². The maximum Gasteiger partial charge on any atom is 0.276 e. The molecule has 5 heteroatoms. The Balaban J connectivity index is 1.94. The average molecular weight is 325 g/mol. The van der Waals surface area contributed by atoms with Gasteiger partial charge in [-0.15, -0.1) is 0 Å². The highest BCUT2D eigenvalue weighted by Crippen LogP contribution is 2.21. The second-order valence-corrected chi connectivity index (χ2v) is 6.15. The quantitative estimate of drug-likeness (QED) is 0.723. The van der Waals surface area contributed by atoms with Crippen LogP contribution in [0, 0.1) is 6.92 Å². The van der Waals surface area contributed by atoms with E-state index in [9.17, 15) is 4.79 Å². The molecule has 0 aliphatic heterocycles. The number of para-hydroxylation sites is 1. The van der Waals surface area contributed by atoms with E-state index in [1.165, 1.54) is 0 Å². The highest BCUT2D eigenvalue weighted by atomic mass is 16.3. The van der Waals surface area contributed by atoms with Gasteiger partial charge in [0.25, 0.3) is 5.56 Å². The minimum absolute atomic E-state index is 0.0275. The number of aromatic nitrogens is 2. The second-order valence-electron chi connectivity index (χ2n) is 6.15. The third-order valence-corrected chi connectivity index (χ3v) is 4.70. The zero-order valence-corrected chi connectivity index (χ0v) is 14.6. The lowest BCUT2D eigenvalue weighted by Gasteiger charge is -2.22. The van der Waals surface area contributed by atoms with Crippen molar-refractivity contribution < 1.29 is 4.42 Å². The van der Waals surface area contributed by atoms with E-state index in [1.807, 2.05) is 68.2 Å². The number of furan rings is 1. The Hall–Kier alpha value is -2.53. The molecule has 0 aliphatic rings. The van der Waals surface area contributed by atoms with E-state index >= 15 is 0 Å². The zero-order chi connectivity index (χ0) is 17.3. The van der Waals surface area contributed by atoms with Gasteiger partial charge in [-0.05, 0) is 45.2 Å². The minimum Gasteiger partial charge on any atom is -0.468 e. The standard InChI is InChI=1S/C19H23N3O2/c1-14-17(13-20(3)15(2)18-11-8-12-24-18)19(23)22(21(14)4)16-9-6-5-7-10-16/h5-12,15H,13H2,1-4H3/t15-/m0/s1. The van der Waals surface area contributed by atoms with Crippen LogP contribution in [0.25, 0.3) is 5.69 Å². The fraction of sp³-hybridized carbons (Fsp3) is 0.316. The molecule has 2 heterocycles. The smallest absolute Gasteiger partial charge is 0.276 e. The van der Waals surface area contributed by atoms with Gasteiger partial charge in [0.2, 0.25) is 0 Å². The summed E-state index contributed by atoms with van der Waals surface area (Å²) in [6.07, 6.45) is 1.68. The lowest BCUT2D eigenvalue weighted by atomic mass is 10.2. The van der Waals surface area contributed by atoms with Crippen molar-refractivity contribution in [3.63, 3.8) is 0 Å². The third-order valence-electron chi connectivity index (χ3n) is 4.70. The Morgan fingerprint density at radius 2 is 1.88 bits per heavy atom. The van der Waals surface area contributed by atoms with Crippen LogP contribution in [0.5, 0.6) is 0 Å². The molecule has 1 aromatic carbocycles. The number of benzene rings is 1. The molecule has 0 unspecified atom stereocenters. The summed E-state index contributed by atoms with van der Waals surface area (Å²) >= 11 is 0. The average Bonchev–Trinajstić information content (AvgIpc) is 3.19. The van der Waals surface area contributed by atoms with Gasteiger partial charge >= 0.3 is 0 Å². The molecule has 0 fully saturated rings. The highest BCUT2D eigenvalue weighted by molar-refractivity contribution is 5.33. The van der Waals surface area contributed by atoms with Crippen molar-refractivity contribution in [1.82, 2.24) is 14.3 Å². The van der Waals surface area contributed by atoms with Crippen molar-refractivity contribution in [2.75, 3.05) is 7.05 Å². The van der Waals surface area contributed by atoms with Gasteiger partial charge in [0.1, 0.15) is 5.76 Å². The molecule has 0 spiro atoms. The van der Waals surface area contributed by atoms with Crippen molar-refractivity contribution in [2.24, 2.45) is 7.05 Å². The molecule has 0 N–H and O–H groups in total. The molecule has 2 aromatic heterocycles. The van der Waals surface area contributed by atoms with E-state index in [1.54, 1.807) is 10.9 Å². The predicted molar refractivity (Wildman–Crippen MR) is 94.3 cm³/mol. The van der Waals surface area contributed by atoms with Crippen molar-refractivity contribution in [3.8, 4) is 5.69 Å². The van der Waals surface area contributed by atoms with Crippen molar-refractivity contribution in [2.45, 2.75) is 26.4 Å². The first-order chi connectivity index (χ1) is 11.5. The largest absolute Gasteiger partial charge is 0.468 e. The lowest BCUT2D eigenvalue weighted by molar-refractivity contribution is 0.222. The first-order valence-corrected chi connectivity index (χ1v) is 8.07. The van der Waals surface area contributed by atoms with Crippen LogP contribution in [0.4, 0.5) is 0 Å². The minimum atomic E-state index is 0.0275. The molecular weight excluding hydrogens is 302 g/mol. The maximum atomic E-state index is 12.9. The summed E-state index contributed by atoms with van der Waals surface area (Å²) in [7, 11) is 3.93. The van der Waals surface area contributed by atoms with Crippen LogP contribution in [0.2, 0.25) is 0 Å². The van der Waals surface area contributed by atoms with E-state index in [4.69, 9.17) is 4.42 Å². The molecule has 0 saturated heterocycles. The van der Waals surface area contributed by atoms with E-state index in [0.29, 0.717) is 6.54 Å². The zero-order valence-electron chi connectivity index (χ0n) is 14.6. The fourth-order valence-corrected chi connectivity index (χ4v) is 2.94. The monoisotopic (exact) mass is 325 g/mol. The highest BCUT2D eigenvalue weighted by Gasteiger charge is 2.21. The normalized spacial score (nSPS) is 12.7. The van der Waals surface area contributed by atoms with Gasteiger partial charge in [0.05, 0.1) is 23.6 Å². The van der Waals surface area contributed by atoms with Crippen LogP contribution in [0.3, 0.4) is 0 Å². The molecule has 1 atom stereocenters. The summed E-state index contributed by atoms with van der Waals surface area (Å²) < 4.78 is 9.12. The maximum absolute atomic E-state index is 12.9. The fourth-order valence-electron chi connectivity index (χ4n) is 2.94. The topological polar surface area (TPSA) is 43.3 Å². The van der Waals surface area contributed by atoms with E-state index in [0.717, 1.165) is 22.7 Å². The number of nitrogens with zero attached hydrogens (tertiary/aromatic N) is 3. The van der Waals surface area contributed by atoms with Gasteiger partial charge in [0, 0.05) is 19.3 Å². The second kappa shape index (κ2) is 6.53. The molecule has 3 rings (SSSR count). The lowest BCUT2D eigenvalue weighted by Crippen LogP contribution is -2.26. The van der Waals surface area contributed by atoms with Crippen LogP contribution >= 0.6 is 0 Å². The molecule has 3 aromatic rings. The van der Waals surface area contributed by atoms with Crippen molar-refractivity contribution >= 4 is 0 Å². The Labute approximate surface area is 141 Å². The van der Waals surface area contributed by atoms with E-state index in [2.05, 4.69) is 11.8 Å². The van der Waals surface area contributed by atoms with Crippen molar-refractivity contribution in [3.05, 3.63) is 76.1 Å². The van der Waals surface area contributed by atoms with Crippen LogP contribution in [-0.2, 0) is 13.6 Å². The number of rotatable bonds is 5. The molecule has 0 radical (unpaired) electrons. The molecule has 0 amide bonds. The van der Waals surface area contributed by atoms with Gasteiger partial charge in [-0.3, -0.25) is 14.4 Å². The summed E-state index contributed by atoms with van der Waals surface area (Å²) in [6, 6.07) is 13.7. The molecule has 24 heavy (non-hydrogen) atoms. The van der Waals surface area contributed by atoms with Gasteiger partial charge in [-0.2, -0.15) is 0 Å². The van der Waals surface area contributed by atoms with E-state index in [-0.39, 0.29) is 11.6 Å². The van der Waals surface area contributed by atoms with Gasteiger partial charge < -0.3 is 4.42 Å². The summed E-state index contributed by atoms with van der Waals surface area (Å²) in [5.41, 5.74) is 2.69. The number of hydrogen-bond acceptors (Lipinski definition) is 3. The summed E-state index contributed by atoms with van der Waals surface area (Å²) in [4.78, 5) is 15.1.